The molecule has 0 aliphatic heterocycles. The van der Waals surface area contributed by atoms with E-state index in [1.807, 2.05) is 0 Å². The van der Waals surface area contributed by atoms with Crippen molar-refractivity contribution in [2.24, 2.45) is 11.7 Å². The van der Waals surface area contributed by atoms with E-state index in [2.05, 4.69) is 20.1 Å². The highest BCUT2D eigenvalue weighted by Crippen LogP contribution is 2.36. The van der Waals surface area contributed by atoms with Gasteiger partial charge in [-0.1, -0.05) is 18.0 Å². The zero-order valence-electron chi connectivity index (χ0n) is 10.2. The molecule has 3 rings (SSSR count). The number of nitrogens with zero attached hydrogens (tertiary/aromatic N) is 3. The topological polar surface area (TPSA) is 93.6 Å². The molecule has 2 unspecified atom stereocenters. The van der Waals surface area contributed by atoms with Gasteiger partial charge in [0.15, 0.2) is 5.82 Å². The molecule has 2 aromatic heterocycles. The normalized spacial score (nSPS) is 24.3. The summed E-state index contributed by atoms with van der Waals surface area (Å²) in [6.07, 6.45) is 8.11. The predicted molar refractivity (Wildman–Crippen MR) is 65.6 cm³/mol. The van der Waals surface area contributed by atoms with Crippen LogP contribution in [0.1, 0.15) is 37.5 Å². The zero-order valence-corrected chi connectivity index (χ0v) is 10.2. The Balaban J connectivity index is 1.84. The average Bonchev–Trinajstić information content (AvgIpc) is 3.09. The van der Waals surface area contributed by atoms with Crippen LogP contribution in [-0.4, -0.2) is 26.7 Å². The van der Waals surface area contributed by atoms with E-state index >= 15 is 0 Å². The number of hydrogen-bond acceptors (Lipinski definition) is 5. The first-order chi connectivity index (χ1) is 8.88. The summed E-state index contributed by atoms with van der Waals surface area (Å²) in [4.78, 5) is 11.5. The van der Waals surface area contributed by atoms with Gasteiger partial charge >= 0.3 is 0 Å². The predicted octanol–water partition coefficient (Wildman–Crippen LogP) is 1.69. The largest absolute Gasteiger partial charge is 0.342 e. The first-order valence-electron chi connectivity index (χ1n) is 6.42. The molecule has 3 N–H and O–H groups in total. The molecule has 0 radical (unpaired) electrons. The van der Waals surface area contributed by atoms with Crippen LogP contribution in [0, 0.1) is 5.92 Å². The lowest BCUT2D eigenvalue weighted by Crippen LogP contribution is -2.25. The lowest BCUT2D eigenvalue weighted by molar-refractivity contribution is 0.249. The Kier molecular flexibility index (Phi) is 3.10. The lowest BCUT2D eigenvalue weighted by atomic mass is 9.79. The fourth-order valence-electron chi connectivity index (χ4n) is 2.68. The minimum absolute atomic E-state index is 0.306. The van der Waals surface area contributed by atoms with E-state index in [0.717, 1.165) is 12.8 Å². The first-order valence-corrected chi connectivity index (χ1v) is 6.42. The van der Waals surface area contributed by atoms with Crippen LogP contribution in [0.3, 0.4) is 0 Å². The number of H-pyrrole nitrogens is 1. The summed E-state index contributed by atoms with van der Waals surface area (Å²) in [6, 6.07) is 0. The Labute approximate surface area is 105 Å². The van der Waals surface area contributed by atoms with E-state index in [9.17, 15) is 0 Å². The molecule has 2 aromatic rings. The maximum atomic E-state index is 5.82. The molecule has 0 amide bonds. The van der Waals surface area contributed by atoms with Gasteiger partial charge in [0.2, 0.25) is 11.7 Å². The van der Waals surface area contributed by atoms with Crippen molar-refractivity contribution < 1.29 is 4.52 Å². The summed E-state index contributed by atoms with van der Waals surface area (Å²) in [7, 11) is 0. The van der Waals surface area contributed by atoms with Gasteiger partial charge in [0.05, 0.1) is 0 Å². The third-order valence-corrected chi connectivity index (χ3v) is 3.68. The van der Waals surface area contributed by atoms with Gasteiger partial charge in [-0.25, -0.2) is 4.98 Å². The van der Waals surface area contributed by atoms with E-state index < -0.39 is 0 Å². The van der Waals surface area contributed by atoms with E-state index in [-0.39, 0.29) is 0 Å². The Bertz CT molecular complexity index is 492. The lowest BCUT2D eigenvalue weighted by Gasteiger charge is -2.27. The monoisotopic (exact) mass is 247 g/mol. The number of nitrogens with two attached hydrogens (primary N) is 1. The summed E-state index contributed by atoms with van der Waals surface area (Å²) in [5.74, 6) is 2.64. The summed E-state index contributed by atoms with van der Waals surface area (Å²) in [5.41, 5.74) is 5.82. The molecule has 18 heavy (non-hydrogen) atoms. The third-order valence-electron chi connectivity index (χ3n) is 3.68. The van der Waals surface area contributed by atoms with E-state index in [1.54, 1.807) is 12.4 Å². The summed E-state index contributed by atoms with van der Waals surface area (Å²) in [6.45, 7) is 0.684. The van der Waals surface area contributed by atoms with Crippen LogP contribution in [0.5, 0.6) is 0 Å². The minimum Gasteiger partial charge on any atom is -0.342 e. The summed E-state index contributed by atoms with van der Waals surface area (Å²) >= 11 is 0. The second kappa shape index (κ2) is 4.89. The molecule has 0 saturated heterocycles. The van der Waals surface area contributed by atoms with Crippen LogP contribution in [0.25, 0.3) is 11.6 Å². The zero-order chi connectivity index (χ0) is 12.4. The van der Waals surface area contributed by atoms with E-state index in [4.69, 9.17) is 10.3 Å². The maximum Gasteiger partial charge on any atom is 0.238 e. The van der Waals surface area contributed by atoms with Crippen molar-refractivity contribution in [1.29, 1.82) is 0 Å². The summed E-state index contributed by atoms with van der Waals surface area (Å²) < 4.78 is 5.38. The molecular formula is C12H17N5O. The van der Waals surface area contributed by atoms with Gasteiger partial charge in [-0.3, -0.25) is 0 Å². The second-order valence-corrected chi connectivity index (χ2v) is 4.78. The van der Waals surface area contributed by atoms with Crippen LogP contribution in [0.2, 0.25) is 0 Å². The van der Waals surface area contributed by atoms with Gasteiger partial charge in [0, 0.05) is 18.3 Å². The Hall–Kier alpha value is -1.69. The molecule has 2 atom stereocenters. The van der Waals surface area contributed by atoms with Crippen LogP contribution in [0.4, 0.5) is 0 Å². The molecule has 1 aliphatic rings. The average molecular weight is 247 g/mol. The third kappa shape index (κ3) is 2.03. The molecule has 0 aromatic carbocycles. The molecule has 1 saturated carbocycles. The van der Waals surface area contributed by atoms with Crippen LogP contribution >= 0.6 is 0 Å². The van der Waals surface area contributed by atoms with Gasteiger partial charge < -0.3 is 15.2 Å². The number of aromatic amines is 1. The Morgan fingerprint density at radius 3 is 3.06 bits per heavy atom. The number of rotatable bonds is 3. The highest BCUT2D eigenvalue weighted by Gasteiger charge is 2.30. The molecule has 1 aliphatic carbocycles. The quantitative estimate of drug-likeness (QED) is 0.860. The molecule has 6 nitrogen and oxygen atoms in total. The standard InChI is InChI=1S/C12H17N5O/c13-7-8-3-1-2-4-9(8)12-16-11(17-18-12)10-14-5-6-15-10/h5-6,8-9H,1-4,7,13H2,(H,14,15). The number of nitrogens with one attached hydrogen (secondary N) is 1. The number of aromatic nitrogens is 4. The van der Waals surface area contributed by atoms with Crippen molar-refractivity contribution in [3.05, 3.63) is 18.3 Å². The molecule has 0 bridgehead atoms. The number of imidazole rings is 1. The van der Waals surface area contributed by atoms with Gasteiger partial charge in [-0.05, 0) is 25.3 Å². The smallest absolute Gasteiger partial charge is 0.238 e. The maximum absolute atomic E-state index is 5.82. The fraction of sp³-hybridized carbons (Fsp3) is 0.583. The molecular weight excluding hydrogens is 230 g/mol. The van der Waals surface area contributed by atoms with Crippen LogP contribution in [0.15, 0.2) is 16.9 Å². The van der Waals surface area contributed by atoms with Crippen molar-refractivity contribution in [2.75, 3.05) is 6.54 Å². The molecule has 1 fully saturated rings. The highest BCUT2D eigenvalue weighted by molar-refractivity contribution is 5.40. The van der Waals surface area contributed by atoms with Crippen LogP contribution < -0.4 is 5.73 Å². The molecule has 0 spiro atoms. The minimum atomic E-state index is 0.306. The SMILES string of the molecule is NCC1CCCCC1c1nc(-c2ncc[nH]2)no1. The number of hydrogen-bond donors (Lipinski definition) is 2. The second-order valence-electron chi connectivity index (χ2n) is 4.78. The summed E-state index contributed by atoms with van der Waals surface area (Å²) in [5, 5.41) is 3.98. The van der Waals surface area contributed by atoms with Gasteiger partial charge in [-0.15, -0.1) is 0 Å². The molecule has 96 valence electrons. The molecule has 6 heteroatoms. The Morgan fingerprint density at radius 2 is 2.28 bits per heavy atom. The first kappa shape index (κ1) is 11.4. The van der Waals surface area contributed by atoms with Crippen molar-refractivity contribution >= 4 is 0 Å². The van der Waals surface area contributed by atoms with Crippen molar-refractivity contribution in [1.82, 2.24) is 20.1 Å². The Morgan fingerprint density at radius 1 is 1.39 bits per heavy atom. The van der Waals surface area contributed by atoms with Gasteiger partial charge in [0.1, 0.15) is 0 Å². The van der Waals surface area contributed by atoms with Gasteiger partial charge in [-0.2, -0.15) is 4.98 Å². The van der Waals surface area contributed by atoms with E-state index in [1.165, 1.54) is 12.8 Å². The molecule has 2 heterocycles. The fourth-order valence-corrected chi connectivity index (χ4v) is 2.68. The van der Waals surface area contributed by atoms with Crippen LogP contribution in [-0.2, 0) is 0 Å². The highest BCUT2D eigenvalue weighted by atomic mass is 16.5. The van der Waals surface area contributed by atoms with Crippen molar-refractivity contribution in [3.8, 4) is 11.6 Å². The van der Waals surface area contributed by atoms with E-state index in [0.29, 0.717) is 35.9 Å². The van der Waals surface area contributed by atoms with Crippen molar-refractivity contribution in [3.63, 3.8) is 0 Å². The van der Waals surface area contributed by atoms with Crippen molar-refractivity contribution in [2.45, 2.75) is 31.6 Å². The van der Waals surface area contributed by atoms with Gasteiger partial charge in [0.25, 0.3) is 0 Å².